The van der Waals surface area contributed by atoms with Crippen molar-refractivity contribution >= 4 is 17.4 Å². The molecule has 4 heteroatoms. The van der Waals surface area contributed by atoms with Crippen LogP contribution in [-0.2, 0) is 6.54 Å². The van der Waals surface area contributed by atoms with Crippen molar-refractivity contribution in [1.29, 1.82) is 0 Å². The fourth-order valence-electron chi connectivity index (χ4n) is 2.18. The molecular formula is C17H30ClN3. The number of aromatic nitrogens is 1. The predicted molar refractivity (Wildman–Crippen MR) is 93.2 cm³/mol. The van der Waals surface area contributed by atoms with Crippen molar-refractivity contribution in [3.05, 3.63) is 22.8 Å². The maximum atomic E-state index is 6.49. The lowest BCUT2D eigenvalue weighted by Gasteiger charge is -2.30. The van der Waals surface area contributed by atoms with Gasteiger partial charge in [-0.15, -0.1) is 0 Å². The second-order valence-electron chi connectivity index (χ2n) is 5.99. The van der Waals surface area contributed by atoms with Gasteiger partial charge in [-0.05, 0) is 31.4 Å². The number of rotatable bonds is 9. The van der Waals surface area contributed by atoms with Crippen LogP contribution < -0.4 is 10.2 Å². The summed E-state index contributed by atoms with van der Waals surface area (Å²) < 4.78 is 0. The van der Waals surface area contributed by atoms with Gasteiger partial charge < -0.3 is 10.2 Å². The van der Waals surface area contributed by atoms with Crippen LogP contribution in [0, 0.1) is 0 Å². The Kier molecular flexibility index (Phi) is 8.05. The molecule has 0 saturated heterocycles. The Bertz CT molecular complexity index is 420. The van der Waals surface area contributed by atoms with Gasteiger partial charge >= 0.3 is 0 Å². The van der Waals surface area contributed by atoms with E-state index in [1.54, 1.807) is 0 Å². The summed E-state index contributed by atoms with van der Waals surface area (Å²) in [5, 5.41) is 4.15. The highest BCUT2D eigenvalue weighted by molar-refractivity contribution is 6.33. The molecule has 0 saturated carbocycles. The standard InChI is InChI=1S/C17H30ClN3/c1-6-8-9-21(14(5)7-2)17-16(18)10-15(12-20-17)11-19-13(3)4/h10,12-14,19H,6-9,11H2,1-5H3. The summed E-state index contributed by atoms with van der Waals surface area (Å²) in [6, 6.07) is 2.96. The number of nitrogens with zero attached hydrogens (tertiary/aromatic N) is 2. The van der Waals surface area contributed by atoms with Crippen LogP contribution in [0.1, 0.15) is 59.4 Å². The maximum Gasteiger partial charge on any atom is 0.147 e. The molecule has 1 unspecified atom stereocenters. The SMILES string of the molecule is CCCCN(c1ncc(CNC(C)C)cc1Cl)C(C)CC. The van der Waals surface area contributed by atoms with E-state index in [9.17, 15) is 0 Å². The lowest BCUT2D eigenvalue weighted by atomic mass is 10.2. The molecule has 3 nitrogen and oxygen atoms in total. The van der Waals surface area contributed by atoms with E-state index in [2.05, 4.69) is 49.8 Å². The van der Waals surface area contributed by atoms with E-state index in [0.29, 0.717) is 12.1 Å². The molecule has 0 aliphatic carbocycles. The number of nitrogens with one attached hydrogen (secondary N) is 1. The highest BCUT2D eigenvalue weighted by Crippen LogP contribution is 2.27. The quantitative estimate of drug-likeness (QED) is 0.720. The molecule has 1 heterocycles. The first-order chi connectivity index (χ1) is 9.99. The van der Waals surface area contributed by atoms with E-state index < -0.39 is 0 Å². The maximum absolute atomic E-state index is 6.49. The molecule has 0 spiro atoms. The molecular weight excluding hydrogens is 282 g/mol. The third-order valence-corrected chi connectivity index (χ3v) is 4.02. The molecule has 1 rings (SSSR count). The van der Waals surface area contributed by atoms with E-state index in [1.165, 1.54) is 12.8 Å². The van der Waals surface area contributed by atoms with Crippen LogP contribution >= 0.6 is 11.6 Å². The van der Waals surface area contributed by atoms with Gasteiger partial charge in [0.1, 0.15) is 5.82 Å². The predicted octanol–water partition coefficient (Wildman–Crippen LogP) is 4.64. The molecule has 120 valence electrons. The van der Waals surface area contributed by atoms with Crippen molar-refractivity contribution in [2.24, 2.45) is 0 Å². The summed E-state index contributed by atoms with van der Waals surface area (Å²) in [5.74, 6) is 0.924. The average Bonchev–Trinajstić information content (AvgIpc) is 2.46. The summed E-state index contributed by atoms with van der Waals surface area (Å²) in [4.78, 5) is 6.97. The van der Waals surface area contributed by atoms with Crippen molar-refractivity contribution < 1.29 is 0 Å². The fourth-order valence-corrected chi connectivity index (χ4v) is 2.48. The van der Waals surface area contributed by atoms with Gasteiger partial charge in [-0.1, -0.05) is 45.7 Å². The normalized spacial score (nSPS) is 12.7. The van der Waals surface area contributed by atoms with Gasteiger partial charge in [-0.3, -0.25) is 0 Å². The fraction of sp³-hybridized carbons (Fsp3) is 0.706. The summed E-state index contributed by atoms with van der Waals surface area (Å²) >= 11 is 6.49. The van der Waals surface area contributed by atoms with Crippen molar-refractivity contribution in [2.75, 3.05) is 11.4 Å². The topological polar surface area (TPSA) is 28.2 Å². The minimum absolute atomic E-state index is 0.459. The molecule has 21 heavy (non-hydrogen) atoms. The van der Waals surface area contributed by atoms with Crippen LogP contribution in [0.4, 0.5) is 5.82 Å². The number of unbranched alkanes of at least 4 members (excludes halogenated alkanes) is 1. The molecule has 0 aliphatic heterocycles. The number of hydrogen-bond acceptors (Lipinski definition) is 3. The van der Waals surface area contributed by atoms with E-state index in [-0.39, 0.29) is 0 Å². The van der Waals surface area contributed by atoms with Crippen LogP contribution in [-0.4, -0.2) is 23.6 Å². The van der Waals surface area contributed by atoms with E-state index in [1.807, 2.05) is 12.3 Å². The highest BCUT2D eigenvalue weighted by Gasteiger charge is 2.17. The number of anilines is 1. The Labute approximate surface area is 135 Å². The van der Waals surface area contributed by atoms with Gasteiger partial charge in [0.15, 0.2) is 0 Å². The van der Waals surface area contributed by atoms with Crippen molar-refractivity contribution in [3.8, 4) is 0 Å². The molecule has 1 aromatic rings. The minimum Gasteiger partial charge on any atom is -0.353 e. The van der Waals surface area contributed by atoms with Gasteiger partial charge in [0.2, 0.25) is 0 Å². The molecule has 0 amide bonds. The monoisotopic (exact) mass is 311 g/mol. The van der Waals surface area contributed by atoms with Crippen molar-refractivity contribution in [2.45, 2.75) is 72.5 Å². The smallest absolute Gasteiger partial charge is 0.147 e. The summed E-state index contributed by atoms with van der Waals surface area (Å²) in [5.41, 5.74) is 1.14. The molecule has 0 aromatic carbocycles. The Balaban J connectivity index is 2.88. The molecule has 1 aromatic heterocycles. The highest BCUT2D eigenvalue weighted by atomic mass is 35.5. The second kappa shape index (κ2) is 9.26. The number of halogens is 1. The lowest BCUT2D eigenvalue weighted by Crippen LogP contribution is -2.34. The van der Waals surface area contributed by atoms with Crippen molar-refractivity contribution in [1.82, 2.24) is 10.3 Å². The van der Waals surface area contributed by atoms with E-state index >= 15 is 0 Å². The molecule has 1 atom stereocenters. The van der Waals surface area contributed by atoms with Gasteiger partial charge in [0.05, 0.1) is 5.02 Å². The zero-order valence-electron chi connectivity index (χ0n) is 14.1. The largest absolute Gasteiger partial charge is 0.353 e. The first-order valence-electron chi connectivity index (χ1n) is 8.14. The Hall–Kier alpha value is -0.800. The lowest BCUT2D eigenvalue weighted by molar-refractivity contribution is 0.582. The third-order valence-electron chi connectivity index (χ3n) is 3.74. The molecule has 1 N–H and O–H groups in total. The van der Waals surface area contributed by atoms with Crippen LogP contribution in [0.5, 0.6) is 0 Å². The molecule has 0 radical (unpaired) electrons. The first-order valence-corrected chi connectivity index (χ1v) is 8.51. The van der Waals surface area contributed by atoms with Gasteiger partial charge in [-0.25, -0.2) is 4.98 Å². The Morgan fingerprint density at radius 2 is 2.00 bits per heavy atom. The van der Waals surface area contributed by atoms with Crippen LogP contribution in [0.2, 0.25) is 5.02 Å². The van der Waals surface area contributed by atoms with Gasteiger partial charge in [0, 0.05) is 31.4 Å². The minimum atomic E-state index is 0.459. The summed E-state index contributed by atoms with van der Waals surface area (Å²) in [7, 11) is 0. The Morgan fingerprint density at radius 3 is 2.52 bits per heavy atom. The molecule has 0 fully saturated rings. The zero-order chi connectivity index (χ0) is 15.8. The van der Waals surface area contributed by atoms with E-state index in [4.69, 9.17) is 11.6 Å². The molecule has 0 bridgehead atoms. The van der Waals surface area contributed by atoms with Crippen molar-refractivity contribution in [3.63, 3.8) is 0 Å². The van der Waals surface area contributed by atoms with Gasteiger partial charge in [0.25, 0.3) is 0 Å². The van der Waals surface area contributed by atoms with Crippen LogP contribution in [0.3, 0.4) is 0 Å². The zero-order valence-corrected chi connectivity index (χ0v) is 14.9. The van der Waals surface area contributed by atoms with Crippen LogP contribution in [0.15, 0.2) is 12.3 Å². The number of pyridine rings is 1. The summed E-state index contributed by atoms with van der Waals surface area (Å²) in [6.07, 6.45) is 5.39. The summed E-state index contributed by atoms with van der Waals surface area (Å²) in [6.45, 7) is 12.8. The van der Waals surface area contributed by atoms with E-state index in [0.717, 1.165) is 35.9 Å². The molecule has 0 aliphatic rings. The first kappa shape index (κ1) is 18.2. The third kappa shape index (κ3) is 5.84. The van der Waals surface area contributed by atoms with Gasteiger partial charge in [-0.2, -0.15) is 0 Å². The number of hydrogen-bond donors (Lipinski definition) is 1. The van der Waals surface area contributed by atoms with Crippen LogP contribution in [0.25, 0.3) is 0 Å². The second-order valence-corrected chi connectivity index (χ2v) is 6.40. The Morgan fingerprint density at radius 1 is 1.29 bits per heavy atom. The average molecular weight is 312 g/mol.